The lowest BCUT2D eigenvalue weighted by molar-refractivity contribution is 0.489. The SMILES string of the molecule is Cc1ccc(C)c(CSc2nc3cc(S(=O)(=O)N(C)C)ccc3o2)c1. The molecule has 0 saturated carbocycles. The zero-order valence-electron chi connectivity index (χ0n) is 14.6. The number of aromatic nitrogens is 1. The van der Waals surface area contributed by atoms with Crippen LogP contribution in [0.25, 0.3) is 11.1 Å². The fraction of sp³-hybridized carbons (Fsp3) is 0.278. The Kier molecular flexibility index (Phi) is 4.90. The molecular formula is C18H20N2O3S2. The number of nitrogens with zero attached hydrogens (tertiary/aromatic N) is 2. The third-order valence-corrected chi connectivity index (χ3v) is 6.66. The predicted molar refractivity (Wildman–Crippen MR) is 100 cm³/mol. The lowest BCUT2D eigenvalue weighted by Gasteiger charge is -2.10. The van der Waals surface area contributed by atoms with Gasteiger partial charge in [-0.2, -0.15) is 0 Å². The molecule has 0 aliphatic heterocycles. The van der Waals surface area contributed by atoms with Gasteiger partial charge in [-0.25, -0.2) is 17.7 Å². The minimum atomic E-state index is -3.48. The number of sulfonamides is 1. The summed E-state index contributed by atoms with van der Waals surface area (Å²) in [7, 11) is -0.464. The summed E-state index contributed by atoms with van der Waals surface area (Å²) in [6.07, 6.45) is 0. The maximum atomic E-state index is 12.2. The second-order valence-electron chi connectivity index (χ2n) is 6.12. The van der Waals surface area contributed by atoms with Gasteiger partial charge in [0, 0.05) is 19.8 Å². The highest BCUT2D eigenvalue weighted by molar-refractivity contribution is 7.98. The lowest BCUT2D eigenvalue weighted by atomic mass is 10.1. The molecule has 7 heteroatoms. The molecule has 5 nitrogen and oxygen atoms in total. The third-order valence-electron chi connectivity index (χ3n) is 3.97. The van der Waals surface area contributed by atoms with Gasteiger partial charge < -0.3 is 4.42 Å². The quantitative estimate of drug-likeness (QED) is 0.630. The van der Waals surface area contributed by atoms with E-state index in [1.54, 1.807) is 18.2 Å². The highest BCUT2D eigenvalue weighted by Gasteiger charge is 2.19. The molecular weight excluding hydrogens is 356 g/mol. The van der Waals surface area contributed by atoms with Crippen molar-refractivity contribution >= 4 is 32.9 Å². The molecule has 0 aliphatic rings. The van der Waals surface area contributed by atoms with Gasteiger partial charge in [0.1, 0.15) is 5.52 Å². The molecule has 3 rings (SSSR count). The summed E-state index contributed by atoms with van der Waals surface area (Å²) in [6.45, 7) is 4.15. The summed E-state index contributed by atoms with van der Waals surface area (Å²) in [5.74, 6) is 0.753. The summed E-state index contributed by atoms with van der Waals surface area (Å²) in [5.41, 5.74) is 4.82. The van der Waals surface area contributed by atoms with Crippen LogP contribution in [0.1, 0.15) is 16.7 Å². The van der Waals surface area contributed by atoms with Crippen LogP contribution in [-0.2, 0) is 15.8 Å². The number of rotatable bonds is 5. The summed E-state index contributed by atoms with van der Waals surface area (Å²) in [6, 6.07) is 11.1. The number of hydrogen-bond donors (Lipinski definition) is 0. The van der Waals surface area contributed by atoms with Gasteiger partial charge in [-0.05, 0) is 43.2 Å². The van der Waals surface area contributed by atoms with E-state index in [2.05, 4.69) is 37.0 Å². The molecule has 0 radical (unpaired) electrons. The van der Waals surface area contributed by atoms with Gasteiger partial charge in [0.2, 0.25) is 10.0 Å². The van der Waals surface area contributed by atoms with Crippen molar-refractivity contribution in [2.75, 3.05) is 14.1 Å². The zero-order chi connectivity index (χ0) is 18.2. The largest absolute Gasteiger partial charge is 0.431 e. The van der Waals surface area contributed by atoms with E-state index in [-0.39, 0.29) is 4.90 Å². The Morgan fingerprint density at radius 2 is 1.88 bits per heavy atom. The molecule has 2 aromatic carbocycles. The zero-order valence-corrected chi connectivity index (χ0v) is 16.2. The van der Waals surface area contributed by atoms with E-state index in [1.165, 1.54) is 46.9 Å². The van der Waals surface area contributed by atoms with E-state index >= 15 is 0 Å². The van der Waals surface area contributed by atoms with E-state index in [9.17, 15) is 8.42 Å². The summed E-state index contributed by atoms with van der Waals surface area (Å²) < 4.78 is 31.4. The first-order valence-corrected chi connectivity index (χ1v) is 10.2. The molecule has 0 N–H and O–H groups in total. The van der Waals surface area contributed by atoms with Gasteiger partial charge in [-0.3, -0.25) is 0 Å². The van der Waals surface area contributed by atoms with Crippen molar-refractivity contribution in [1.29, 1.82) is 0 Å². The fourth-order valence-corrected chi connectivity index (χ4v) is 4.24. The van der Waals surface area contributed by atoms with Crippen molar-refractivity contribution in [2.24, 2.45) is 0 Å². The number of hydrogen-bond acceptors (Lipinski definition) is 5. The van der Waals surface area contributed by atoms with E-state index < -0.39 is 10.0 Å². The summed E-state index contributed by atoms with van der Waals surface area (Å²) >= 11 is 1.50. The number of benzene rings is 2. The maximum absolute atomic E-state index is 12.2. The molecule has 3 aromatic rings. The summed E-state index contributed by atoms with van der Waals surface area (Å²) in [5, 5.41) is 0.537. The van der Waals surface area contributed by atoms with Crippen LogP contribution in [0.5, 0.6) is 0 Å². The molecule has 0 fully saturated rings. The van der Waals surface area contributed by atoms with Crippen LogP contribution < -0.4 is 0 Å². The minimum absolute atomic E-state index is 0.212. The lowest BCUT2D eigenvalue weighted by Crippen LogP contribution is -2.22. The average molecular weight is 377 g/mol. The van der Waals surface area contributed by atoms with Crippen LogP contribution in [0.3, 0.4) is 0 Å². The fourth-order valence-electron chi connectivity index (χ4n) is 2.41. The van der Waals surface area contributed by atoms with Gasteiger partial charge in [0.25, 0.3) is 5.22 Å². The molecule has 0 saturated heterocycles. The molecule has 0 aliphatic carbocycles. The van der Waals surface area contributed by atoms with Gasteiger partial charge in [0.15, 0.2) is 5.58 Å². The minimum Gasteiger partial charge on any atom is -0.431 e. The van der Waals surface area contributed by atoms with E-state index in [1.807, 2.05) is 0 Å². The monoisotopic (exact) mass is 376 g/mol. The van der Waals surface area contributed by atoms with E-state index in [0.717, 1.165) is 5.75 Å². The van der Waals surface area contributed by atoms with Gasteiger partial charge in [-0.15, -0.1) is 0 Å². The smallest absolute Gasteiger partial charge is 0.257 e. The van der Waals surface area contributed by atoms with E-state index in [0.29, 0.717) is 16.3 Å². The van der Waals surface area contributed by atoms with Gasteiger partial charge in [0.05, 0.1) is 4.90 Å². The van der Waals surface area contributed by atoms with Gasteiger partial charge >= 0.3 is 0 Å². The molecule has 0 unspecified atom stereocenters. The molecule has 25 heavy (non-hydrogen) atoms. The van der Waals surface area contributed by atoms with Crippen molar-refractivity contribution in [3.8, 4) is 0 Å². The first-order chi connectivity index (χ1) is 11.8. The molecule has 0 spiro atoms. The molecule has 1 heterocycles. The van der Waals surface area contributed by atoms with Crippen molar-refractivity contribution in [3.63, 3.8) is 0 Å². The highest BCUT2D eigenvalue weighted by Crippen LogP contribution is 2.29. The maximum Gasteiger partial charge on any atom is 0.257 e. The average Bonchev–Trinajstić information content (AvgIpc) is 2.97. The first kappa shape index (κ1) is 18.0. The van der Waals surface area contributed by atoms with Crippen LogP contribution >= 0.6 is 11.8 Å². The predicted octanol–water partition coefficient (Wildman–Crippen LogP) is 3.99. The Balaban J connectivity index is 1.85. The number of oxazole rings is 1. The Morgan fingerprint density at radius 1 is 1.12 bits per heavy atom. The molecule has 0 bridgehead atoms. The summed E-state index contributed by atoms with van der Waals surface area (Å²) in [4.78, 5) is 4.64. The standard InChI is InChI=1S/C18H20N2O3S2/c1-12-5-6-13(2)14(9-12)11-24-18-19-16-10-15(7-8-17(16)23-18)25(21,22)20(3)4/h5-10H,11H2,1-4H3. The molecule has 0 amide bonds. The van der Waals surface area contributed by atoms with Crippen molar-refractivity contribution in [2.45, 2.75) is 29.7 Å². The highest BCUT2D eigenvalue weighted by atomic mass is 32.2. The van der Waals surface area contributed by atoms with Crippen LogP contribution in [0, 0.1) is 13.8 Å². The van der Waals surface area contributed by atoms with Crippen LogP contribution in [0.4, 0.5) is 0 Å². The number of thioether (sulfide) groups is 1. The Bertz CT molecular complexity index is 1020. The second-order valence-corrected chi connectivity index (χ2v) is 9.19. The Hall–Kier alpha value is -1.83. The molecule has 132 valence electrons. The number of fused-ring (bicyclic) bond motifs is 1. The topological polar surface area (TPSA) is 63.4 Å². The van der Waals surface area contributed by atoms with Crippen LogP contribution in [0.15, 0.2) is 50.9 Å². The molecule has 1 aromatic heterocycles. The Labute approximate surface area is 152 Å². The van der Waals surface area contributed by atoms with Crippen molar-refractivity contribution in [3.05, 3.63) is 53.1 Å². The third kappa shape index (κ3) is 3.73. The first-order valence-electron chi connectivity index (χ1n) is 7.79. The second kappa shape index (κ2) is 6.82. The van der Waals surface area contributed by atoms with Crippen molar-refractivity contribution in [1.82, 2.24) is 9.29 Å². The van der Waals surface area contributed by atoms with Crippen LogP contribution in [-0.4, -0.2) is 31.8 Å². The normalized spacial score (nSPS) is 12.2. The van der Waals surface area contributed by atoms with Gasteiger partial charge in [-0.1, -0.05) is 35.5 Å². The molecule has 0 atom stereocenters. The van der Waals surface area contributed by atoms with E-state index in [4.69, 9.17) is 4.42 Å². The van der Waals surface area contributed by atoms with Crippen LogP contribution in [0.2, 0.25) is 0 Å². The van der Waals surface area contributed by atoms with Crippen molar-refractivity contribution < 1.29 is 12.8 Å². The number of aryl methyl sites for hydroxylation is 2. The Morgan fingerprint density at radius 3 is 2.60 bits per heavy atom.